The first-order chi connectivity index (χ1) is 11.0. The largest absolute Gasteiger partial charge is 0.385 e. The summed E-state index contributed by atoms with van der Waals surface area (Å²) in [6, 6.07) is 7.31. The SMILES string of the molecule is COCCCNC(=O)CNc1ccc(NC(=O)CC(C)C)cc1. The van der Waals surface area contributed by atoms with E-state index in [0.29, 0.717) is 25.5 Å². The molecular weight excluding hydrogens is 294 g/mol. The summed E-state index contributed by atoms with van der Waals surface area (Å²) in [5.74, 6) is 0.282. The second-order valence-electron chi connectivity index (χ2n) is 5.77. The average Bonchev–Trinajstić information content (AvgIpc) is 2.50. The standard InChI is InChI=1S/C17H27N3O3/c1-13(2)11-16(21)20-15-7-5-14(6-8-15)19-12-17(22)18-9-4-10-23-3/h5-8,13,19H,4,9-12H2,1-3H3,(H,18,22)(H,20,21). The third-order valence-electron chi connectivity index (χ3n) is 3.06. The molecule has 0 radical (unpaired) electrons. The zero-order valence-electron chi connectivity index (χ0n) is 14.1. The van der Waals surface area contributed by atoms with Crippen LogP contribution in [0.2, 0.25) is 0 Å². The fourth-order valence-electron chi connectivity index (χ4n) is 1.94. The summed E-state index contributed by atoms with van der Waals surface area (Å²) in [7, 11) is 1.64. The lowest BCUT2D eigenvalue weighted by atomic mass is 10.1. The Morgan fingerprint density at radius 2 is 1.74 bits per heavy atom. The molecule has 0 aliphatic carbocycles. The summed E-state index contributed by atoms with van der Waals surface area (Å²) >= 11 is 0. The van der Waals surface area contributed by atoms with Gasteiger partial charge in [-0.1, -0.05) is 13.8 Å². The van der Waals surface area contributed by atoms with Gasteiger partial charge in [-0.05, 0) is 36.6 Å². The molecule has 0 unspecified atom stereocenters. The van der Waals surface area contributed by atoms with Crippen LogP contribution in [-0.2, 0) is 14.3 Å². The summed E-state index contributed by atoms with van der Waals surface area (Å²) in [6.07, 6.45) is 1.30. The maximum absolute atomic E-state index is 11.7. The number of carbonyl (C=O) groups excluding carboxylic acids is 2. The first-order valence-electron chi connectivity index (χ1n) is 7.90. The lowest BCUT2D eigenvalue weighted by molar-refractivity contribution is -0.119. The van der Waals surface area contributed by atoms with E-state index in [9.17, 15) is 9.59 Å². The highest BCUT2D eigenvalue weighted by molar-refractivity contribution is 5.91. The molecule has 128 valence electrons. The van der Waals surface area contributed by atoms with Crippen LogP contribution in [0.25, 0.3) is 0 Å². The fraction of sp³-hybridized carbons (Fsp3) is 0.529. The second kappa shape index (κ2) is 10.6. The van der Waals surface area contributed by atoms with Crippen molar-refractivity contribution in [3.05, 3.63) is 24.3 Å². The molecule has 3 N–H and O–H groups in total. The molecule has 6 nitrogen and oxygen atoms in total. The van der Waals surface area contributed by atoms with Crippen molar-refractivity contribution in [2.45, 2.75) is 26.7 Å². The van der Waals surface area contributed by atoms with Crippen LogP contribution >= 0.6 is 0 Å². The van der Waals surface area contributed by atoms with Crippen molar-refractivity contribution in [3.63, 3.8) is 0 Å². The van der Waals surface area contributed by atoms with Crippen molar-refractivity contribution in [3.8, 4) is 0 Å². The van der Waals surface area contributed by atoms with Gasteiger partial charge < -0.3 is 20.7 Å². The van der Waals surface area contributed by atoms with Crippen molar-refractivity contribution in [1.29, 1.82) is 0 Å². The maximum Gasteiger partial charge on any atom is 0.239 e. The molecule has 1 aromatic carbocycles. The van der Waals surface area contributed by atoms with Gasteiger partial charge in [0.05, 0.1) is 6.54 Å². The fourth-order valence-corrected chi connectivity index (χ4v) is 1.94. The van der Waals surface area contributed by atoms with E-state index in [1.807, 2.05) is 38.1 Å². The predicted octanol–water partition coefficient (Wildman–Crippen LogP) is 2.24. The van der Waals surface area contributed by atoms with Gasteiger partial charge in [0, 0.05) is 38.1 Å². The minimum Gasteiger partial charge on any atom is -0.385 e. The van der Waals surface area contributed by atoms with Crippen molar-refractivity contribution in [2.24, 2.45) is 5.92 Å². The number of hydrogen-bond acceptors (Lipinski definition) is 4. The Kier molecular flexibility index (Phi) is 8.75. The number of amides is 2. The average molecular weight is 321 g/mol. The van der Waals surface area contributed by atoms with E-state index in [0.717, 1.165) is 17.8 Å². The lowest BCUT2D eigenvalue weighted by Gasteiger charge is -2.10. The molecule has 0 saturated carbocycles. The van der Waals surface area contributed by atoms with E-state index in [2.05, 4.69) is 16.0 Å². The monoisotopic (exact) mass is 321 g/mol. The molecule has 6 heteroatoms. The van der Waals surface area contributed by atoms with Gasteiger partial charge in [-0.2, -0.15) is 0 Å². The van der Waals surface area contributed by atoms with Gasteiger partial charge in [-0.15, -0.1) is 0 Å². The van der Waals surface area contributed by atoms with E-state index >= 15 is 0 Å². The van der Waals surface area contributed by atoms with E-state index in [1.54, 1.807) is 7.11 Å². The Morgan fingerprint density at radius 1 is 1.09 bits per heavy atom. The summed E-state index contributed by atoms with van der Waals surface area (Å²) in [6.45, 7) is 5.47. The number of methoxy groups -OCH3 is 1. The topological polar surface area (TPSA) is 79.5 Å². The van der Waals surface area contributed by atoms with Crippen LogP contribution in [0.4, 0.5) is 11.4 Å². The van der Waals surface area contributed by atoms with Crippen LogP contribution in [0.15, 0.2) is 24.3 Å². The third-order valence-corrected chi connectivity index (χ3v) is 3.06. The smallest absolute Gasteiger partial charge is 0.239 e. The molecule has 1 rings (SSSR count). The first-order valence-corrected chi connectivity index (χ1v) is 7.90. The first kappa shape index (κ1) is 19.0. The van der Waals surface area contributed by atoms with E-state index < -0.39 is 0 Å². The van der Waals surface area contributed by atoms with Crippen LogP contribution < -0.4 is 16.0 Å². The van der Waals surface area contributed by atoms with E-state index in [-0.39, 0.29) is 18.4 Å². The predicted molar refractivity (Wildman–Crippen MR) is 92.5 cm³/mol. The van der Waals surface area contributed by atoms with Crippen LogP contribution in [-0.4, -0.2) is 38.6 Å². The molecule has 0 aliphatic heterocycles. The zero-order chi connectivity index (χ0) is 17.1. The highest BCUT2D eigenvalue weighted by atomic mass is 16.5. The van der Waals surface area contributed by atoms with Gasteiger partial charge in [0.1, 0.15) is 0 Å². The molecule has 0 bridgehead atoms. The number of nitrogens with one attached hydrogen (secondary N) is 3. The molecule has 1 aromatic rings. The molecule has 0 aliphatic rings. The quantitative estimate of drug-likeness (QED) is 0.577. The molecule has 0 fully saturated rings. The van der Waals surface area contributed by atoms with Gasteiger partial charge >= 0.3 is 0 Å². The van der Waals surface area contributed by atoms with Gasteiger partial charge in [0.25, 0.3) is 0 Å². The molecule has 0 spiro atoms. The van der Waals surface area contributed by atoms with E-state index in [1.165, 1.54) is 0 Å². The number of benzene rings is 1. The lowest BCUT2D eigenvalue weighted by Crippen LogP contribution is -2.31. The Labute approximate surface area is 138 Å². The summed E-state index contributed by atoms with van der Waals surface area (Å²) in [5, 5.41) is 8.69. The number of anilines is 2. The minimum absolute atomic E-state index is 0.0103. The third kappa shape index (κ3) is 8.83. The molecule has 0 atom stereocenters. The molecule has 0 heterocycles. The number of hydrogen-bond donors (Lipinski definition) is 3. The second-order valence-corrected chi connectivity index (χ2v) is 5.77. The normalized spacial score (nSPS) is 10.4. The van der Waals surface area contributed by atoms with Crippen LogP contribution in [0, 0.1) is 5.92 Å². The minimum atomic E-state index is -0.0598. The molecule has 0 saturated heterocycles. The van der Waals surface area contributed by atoms with Gasteiger partial charge in [-0.3, -0.25) is 9.59 Å². The summed E-state index contributed by atoms with van der Waals surface area (Å²) < 4.78 is 4.92. The van der Waals surface area contributed by atoms with Crippen molar-refractivity contribution in [2.75, 3.05) is 37.4 Å². The van der Waals surface area contributed by atoms with E-state index in [4.69, 9.17) is 4.74 Å². The molecule has 2 amide bonds. The Hall–Kier alpha value is -2.08. The maximum atomic E-state index is 11.7. The van der Waals surface area contributed by atoms with Gasteiger partial charge in [0.2, 0.25) is 11.8 Å². The van der Waals surface area contributed by atoms with Crippen LogP contribution in [0.5, 0.6) is 0 Å². The molecule has 23 heavy (non-hydrogen) atoms. The van der Waals surface area contributed by atoms with Crippen LogP contribution in [0.1, 0.15) is 26.7 Å². The van der Waals surface area contributed by atoms with Crippen molar-refractivity contribution >= 4 is 23.2 Å². The van der Waals surface area contributed by atoms with Crippen molar-refractivity contribution < 1.29 is 14.3 Å². The molecular formula is C17H27N3O3. The van der Waals surface area contributed by atoms with Gasteiger partial charge in [0.15, 0.2) is 0 Å². The van der Waals surface area contributed by atoms with Gasteiger partial charge in [-0.25, -0.2) is 0 Å². The Morgan fingerprint density at radius 3 is 2.35 bits per heavy atom. The number of ether oxygens (including phenoxy) is 1. The summed E-state index contributed by atoms with van der Waals surface area (Å²) in [5.41, 5.74) is 1.59. The molecule has 0 aromatic heterocycles. The van der Waals surface area contributed by atoms with Crippen LogP contribution in [0.3, 0.4) is 0 Å². The Balaban J connectivity index is 2.31. The zero-order valence-corrected chi connectivity index (χ0v) is 14.1. The number of carbonyl (C=O) groups is 2. The van der Waals surface area contributed by atoms with Crippen molar-refractivity contribution in [1.82, 2.24) is 5.32 Å². The number of rotatable bonds is 10. The highest BCUT2D eigenvalue weighted by Crippen LogP contribution is 2.14. The summed E-state index contributed by atoms with van der Waals surface area (Å²) in [4.78, 5) is 23.3. The highest BCUT2D eigenvalue weighted by Gasteiger charge is 2.05. The Bertz CT molecular complexity index is 486.